The number of fused-ring (bicyclic) bond motifs is 1. The van der Waals surface area contributed by atoms with E-state index in [0.717, 1.165) is 17.3 Å². The molecule has 0 saturated heterocycles. The Balaban J connectivity index is 1.92. The van der Waals surface area contributed by atoms with Gasteiger partial charge in [-0.1, -0.05) is 15.9 Å². The maximum absolute atomic E-state index is 12.3. The van der Waals surface area contributed by atoms with Gasteiger partial charge in [-0.15, -0.1) is 5.10 Å². The fourth-order valence-electron chi connectivity index (χ4n) is 1.96. The minimum absolute atomic E-state index is 0.143. The summed E-state index contributed by atoms with van der Waals surface area (Å²) in [6, 6.07) is 3.26. The van der Waals surface area contributed by atoms with E-state index in [9.17, 15) is 9.59 Å². The standard InChI is InChI=1S/C13H15BrN6O2/c1-2-15-13(22)18-12-17-10-6-7(14)5-9(20(10)19-12)11(21)16-8-3-4-8/h5-6,8H,2-4H2,1H3,(H,16,21)(H2,15,18,19,22). The second kappa shape index (κ2) is 5.91. The molecule has 2 aromatic heterocycles. The highest BCUT2D eigenvalue weighted by Crippen LogP contribution is 2.21. The summed E-state index contributed by atoms with van der Waals surface area (Å²) in [5, 5.41) is 12.2. The van der Waals surface area contributed by atoms with Crippen LogP contribution in [0.1, 0.15) is 30.3 Å². The monoisotopic (exact) mass is 366 g/mol. The molecule has 1 saturated carbocycles. The summed E-state index contributed by atoms with van der Waals surface area (Å²) >= 11 is 3.36. The van der Waals surface area contributed by atoms with Crippen molar-refractivity contribution in [2.24, 2.45) is 0 Å². The van der Waals surface area contributed by atoms with Crippen molar-refractivity contribution in [3.05, 3.63) is 22.3 Å². The van der Waals surface area contributed by atoms with E-state index in [1.54, 1.807) is 12.1 Å². The summed E-state index contributed by atoms with van der Waals surface area (Å²) in [7, 11) is 0. The van der Waals surface area contributed by atoms with Crippen molar-refractivity contribution in [2.75, 3.05) is 11.9 Å². The zero-order chi connectivity index (χ0) is 15.7. The van der Waals surface area contributed by atoms with Gasteiger partial charge in [0.2, 0.25) is 0 Å². The zero-order valence-corrected chi connectivity index (χ0v) is 13.5. The Morgan fingerprint density at radius 2 is 2.18 bits per heavy atom. The van der Waals surface area contributed by atoms with E-state index >= 15 is 0 Å². The predicted octanol–water partition coefficient (Wildman–Crippen LogP) is 1.53. The fraction of sp³-hybridized carbons (Fsp3) is 0.385. The lowest BCUT2D eigenvalue weighted by Crippen LogP contribution is -2.29. The molecule has 116 valence electrons. The van der Waals surface area contributed by atoms with Crippen LogP contribution >= 0.6 is 15.9 Å². The van der Waals surface area contributed by atoms with Crippen molar-refractivity contribution >= 4 is 39.5 Å². The topological polar surface area (TPSA) is 100 Å². The van der Waals surface area contributed by atoms with Crippen molar-refractivity contribution in [1.29, 1.82) is 0 Å². The molecule has 2 heterocycles. The minimum atomic E-state index is -0.388. The predicted molar refractivity (Wildman–Crippen MR) is 83.9 cm³/mol. The Morgan fingerprint density at radius 1 is 1.41 bits per heavy atom. The van der Waals surface area contributed by atoms with E-state index in [4.69, 9.17) is 0 Å². The SMILES string of the molecule is CCNC(=O)Nc1nc2cc(Br)cc(C(=O)NC3CC3)n2n1. The number of rotatable bonds is 4. The second-order valence-electron chi connectivity index (χ2n) is 5.00. The van der Waals surface area contributed by atoms with Gasteiger partial charge in [-0.3, -0.25) is 10.1 Å². The Hall–Kier alpha value is -2.16. The van der Waals surface area contributed by atoms with Crippen LogP contribution < -0.4 is 16.0 Å². The summed E-state index contributed by atoms with van der Waals surface area (Å²) in [6.07, 6.45) is 2.01. The fourth-order valence-corrected chi connectivity index (χ4v) is 2.38. The molecular weight excluding hydrogens is 352 g/mol. The summed E-state index contributed by atoms with van der Waals surface area (Å²) in [6.45, 7) is 2.31. The lowest BCUT2D eigenvalue weighted by molar-refractivity contribution is 0.0943. The van der Waals surface area contributed by atoms with E-state index in [2.05, 4.69) is 42.0 Å². The van der Waals surface area contributed by atoms with E-state index in [0.29, 0.717) is 17.9 Å². The summed E-state index contributed by atoms with van der Waals surface area (Å²) in [5.41, 5.74) is 0.842. The number of halogens is 1. The number of hydrogen-bond donors (Lipinski definition) is 3. The van der Waals surface area contributed by atoms with E-state index in [1.807, 2.05) is 6.92 Å². The molecule has 8 nitrogen and oxygen atoms in total. The molecule has 3 N–H and O–H groups in total. The molecule has 0 aromatic carbocycles. The number of hydrogen-bond acceptors (Lipinski definition) is 4. The highest BCUT2D eigenvalue weighted by molar-refractivity contribution is 9.10. The molecule has 0 aliphatic heterocycles. The van der Waals surface area contributed by atoms with Gasteiger partial charge in [0, 0.05) is 17.1 Å². The number of pyridine rings is 1. The number of carbonyl (C=O) groups is 2. The third-order valence-corrected chi connectivity index (χ3v) is 3.57. The van der Waals surface area contributed by atoms with Gasteiger partial charge in [0.05, 0.1) is 0 Å². The van der Waals surface area contributed by atoms with E-state index < -0.39 is 0 Å². The van der Waals surface area contributed by atoms with Crippen LogP contribution in [0, 0.1) is 0 Å². The molecule has 1 aliphatic rings. The van der Waals surface area contributed by atoms with E-state index in [1.165, 1.54) is 4.52 Å². The van der Waals surface area contributed by atoms with Crippen molar-refractivity contribution in [3.63, 3.8) is 0 Å². The van der Waals surface area contributed by atoms with Crippen molar-refractivity contribution in [3.8, 4) is 0 Å². The number of aromatic nitrogens is 3. The van der Waals surface area contributed by atoms with Gasteiger partial charge in [0.15, 0.2) is 5.65 Å². The minimum Gasteiger partial charge on any atom is -0.348 e. The Morgan fingerprint density at radius 3 is 2.86 bits per heavy atom. The van der Waals surface area contributed by atoms with Crippen molar-refractivity contribution < 1.29 is 9.59 Å². The number of nitrogens with zero attached hydrogens (tertiary/aromatic N) is 3. The summed E-state index contributed by atoms with van der Waals surface area (Å²) in [5.74, 6) is -0.0622. The smallest absolute Gasteiger partial charge is 0.321 e. The lowest BCUT2D eigenvalue weighted by atomic mass is 10.3. The average Bonchev–Trinajstić information content (AvgIpc) is 3.16. The van der Waals surface area contributed by atoms with Gasteiger partial charge in [0.25, 0.3) is 11.9 Å². The largest absolute Gasteiger partial charge is 0.348 e. The average molecular weight is 367 g/mol. The van der Waals surface area contributed by atoms with Crippen LogP contribution in [-0.4, -0.2) is 39.1 Å². The van der Waals surface area contributed by atoms with Crippen LogP contribution in [0.15, 0.2) is 16.6 Å². The van der Waals surface area contributed by atoms with Gasteiger partial charge < -0.3 is 10.6 Å². The normalized spacial score (nSPS) is 13.9. The van der Waals surface area contributed by atoms with Crippen LogP contribution in [0.5, 0.6) is 0 Å². The number of urea groups is 1. The first-order valence-electron chi connectivity index (χ1n) is 6.99. The lowest BCUT2D eigenvalue weighted by Gasteiger charge is -2.05. The van der Waals surface area contributed by atoms with Gasteiger partial charge >= 0.3 is 6.03 Å². The first-order valence-corrected chi connectivity index (χ1v) is 7.78. The molecule has 0 atom stereocenters. The maximum Gasteiger partial charge on any atom is 0.321 e. The van der Waals surface area contributed by atoms with Crippen LogP contribution in [0.2, 0.25) is 0 Å². The van der Waals surface area contributed by atoms with Crippen LogP contribution in [0.25, 0.3) is 5.65 Å². The molecule has 1 aliphatic carbocycles. The van der Waals surface area contributed by atoms with E-state index in [-0.39, 0.29) is 23.9 Å². The first kappa shape index (κ1) is 14.8. The molecule has 3 amide bonds. The van der Waals surface area contributed by atoms with Crippen LogP contribution in [0.4, 0.5) is 10.7 Å². The quantitative estimate of drug-likeness (QED) is 0.763. The molecule has 0 spiro atoms. The molecule has 0 unspecified atom stereocenters. The highest BCUT2D eigenvalue weighted by atomic mass is 79.9. The summed E-state index contributed by atoms with van der Waals surface area (Å²) in [4.78, 5) is 28.0. The molecule has 0 bridgehead atoms. The molecule has 2 aromatic rings. The van der Waals surface area contributed by atoms with Crippen LogP contribution in [-0.2, 0) is 0 Å². The van der Waals surface area contributed by atoms with Gasteiger partial charge in [-0.25, -0.2) is 9.31 Å². The highest BCUT2D eigenvalue weighted by Gasteiger charge is 2.25. The summed E-state index contributed by atoms with van der Waals surface area (Å²) < 4.78 is 2.14. The Labute approximate surface area is 134 Å². The van der Waals surface area contributed by atoms with Crippen LogP contribution in [0.3, 0.4) is 0 Å². The zero-order valence-electron chi connectivity index (χ0n) is 11.9. The number of carbonyl (C=O) groups excluding carboxylic acids is 2. The first-order chi connectivity index (χ1) is 10.6. The molecule has 0 radical (unpaired) electrons. The molecule has 3 rings (SSSR count). The third kappa shape index (κ3) is 3.19. The third-order valence-electron chi connectivity index (χ3n) is 3.11. The van der Waals surface area contributed by atoms with Crippen molar-refractivity contribution in [2.45, 2.75) is 25.8 Å². The second-order valence-corrected chi connectivity index (χ2v) is 5.91. The molecule has 22 heavy (non-hydrogen) atoms. The Bertz CT molecular complexity index is 739. The molecular formula is C13H15BrN6O2. The number of nitrogens with one attached hydrogen (secondary N) is 3. The molecule has 9 heteroatoms. The molecule has 1 fully saturated rings. The number of anilines is 1. The van der Waals surface area contributed by atoms with Gasteiger partial charge in [0.1, 0.15) is 5.69 Å². The number of amides is 3. The van der Waals surface area contributed by atoms with Gasteiger partial charge in [-0.05, 0) is 31.9 Å². The Kier molecular flexibility index (Phi) is 3.97. The van der Waals surface area contributed by atoms with Crippen molar-refractivity contribution in [1.82, 2.24) is 25.2 Å². The maximum atomic E-state index is 12.3. The van der Waals surface area contributed by atoms with Gasteiger partial charge in [-0.2, -0.15) is 4.98 Å².